The number of imidazole rings is 1. The monoisotopic (exact) mass is 535 g/mol. The lowest BCUT2D eigenvalue weighted by atomic mass is 9.88. The maximum Gasteiger partial charge on any atom is 0.104 e. The van der Waals surface area contributed by atoms with E-state index in [9.17, 15) is 0 Å². The smallest absolute Gasteiger partial charge is 0.104 e. The predicted octanol–water partition coefficient (Wildman–Crippen LogP) is 10.2. The summed E-state index contributed by atoms with van der Waals surface area (Å²) in [5.74, 6) is 1.80. The van der Waals surface area contributed by atoms with Crippen molar-refractivity contribution >= 4 is 11.0 Å². The zero-order chi connectivity index (χ0) is 28.5. The molecule has 1 aliphatic heterocycles. The van der Waals surface area contributed by atoms with E-state index in [1.807, 2.05) is 6.92 Å². The molecule has 2 unspecified atom stereocenters. The number of nitrogens with zero attached hydrogens (tertiary/aromatic N) is 2. The topological polar surface area (TPSA) is 31.9 Å². The van der Waals surface area contributed by atoms with Crippen molar-refractivity contribution in [1.82, 2.24) is 14.9 Å². The fourth-order valence-electron chi connectivity index (χ4n) is 6.03. The van der Waals surface area contributed by atoms with Crippen molar-refractivity contribution in [2.75, 3.05) is 6.54 Å². The van der Waals surface area contributed by atoms with E-state index >= 15 is 0 Å². The highest BCUT2D eigenvalue weighted by Crippen LogP contribution is 2.36. The fraction of sp³-hybridized carbons (Fsp3) is 0.432. The molecule has 3 nitrogen and oxygen atoms in total. The first-order valence-corrected chi connectivity index (χ1v) is 15.5. The summed E-state index contributed by atoms with van der Waals surface area (Å²) in [7, 11) is 0. The van der Waals surface area contributed by atoms with E-state index in [-0.39, 0.29) is 0 Å². The average Bonchev–Trinajstić information content (AvgIpc) is 3.36. The van der Waals surface area contributed by atoms with Crippen LogP contribution in [0.3, 0.4) is 0 Å². The molecule has 0 aliphatic carbocycles. The number of piperidine rings is 1. The number of unbranched alkanes of at least 4 members (excludes halogenated alkanes) is 1. The van der Waals surface area contributed by atoms with Gasteiger partial charge in [-0.3, -0.25) is 0 Å². The number of H-pyrrole nitrogens is 1. The summed E-state index contributed by atoms with van der Waals surface area (Å²) in [6.07, 6.45) is 10.9. The van der Waals surface area contributed by atoms with Gasteiger partial charge in [0.05, 0.1) is 17.1 Å². The number of allylic oxidation sites excluding steroid dienone is 2. The van der Waals surface area contributed by atoms with E-state index in [1.54, 1.807) is 0 Å². The molecule has 2 heterocycles. The Morgan fingerprint density at radius 2 is 1.73 bits per heavy atom. The summed E-state index contributed by atoms with van der Waals surface area (Å²) in [4.78, 5) is 10.4. The Hall–Kier alpha value is -3.33. The maximum absolute atomic E-state index is 4.47. The number of aryl methyl sites for hydroxylation is 3. The minimum absolute atomic E-state index is 0.567. The summed E-state index contributed by atoms with van der Waals surface area (Å²) < 4.78 is 0. The first-order chi connectivity index (χ1) is 19.4. The van der Waals surface area contributed by atoms with Gasteiger partial charge in [0.2, 0.25) is 0 Å². The Morgan fingerprint density at radius 3 is 2.45 bits per heavy atom. The number of fused-ring (bicyclic) bond motifs is 1. The third kappa shape index (κ3) is 7.44. The molecule has 0 spiro atoms. The highest BCUT2D eigenvalue weighted by Gasteiger charge is 2.27. The summed E-state index contributed by atoms with van der Waals surface area (Å²) in [5, 5.41) is 0. The van der Waals surface area contributed by atoms with E-state index in [1.165, 1.54) is 72.2 Å². The van der Waals surface area contributed by atoms with Crippen molar-refractivity contribution in [3.05, 3.63) is 101 Å². The number of hydrogen-bond donors (Lipinski definition) is 1. The minimum Gasteiger partial charge on any atom is -0.368 e. The molecule has 1 aromatic heterocycles. The van der Waals surface area contributed by atoms with Crippen LogP contribution in [-0.2, 0) is 12.8 Å². The van der Waals surface area contributed by atoms with Gasteiger partial charge >= 0.3 is 0 Å². The highest BCUT2D eigenvalue weighted by molar-refractivity contribution is 5.82. The van der Waals surface area contributed by atoms with Gasteiger partial charge in [-0.1, -0.05) is 94.8 Å². The molecule has 0 amide bonds. The number of aromatic nitrogens is 2. The molecule has 5 rings (SSSR count). The van der Waals surface area contributed by atoms with Crippen LogP contribution in [0.5, 0.6) is 0 Å². The zero-order valence-corrected chi connectivity index (χ0v) is 25.6. The van der Waals surface area contributed by atoms with Crippen LogP contribution in [0.4, 0.5) is 0 Å². The fourth-order valence-corrected chi connectivity index (χ4v) is 6.03. The molecular formula is C37H49N3. The predicted molar refractivity (Wildman–Crippen MR) is 173 cm³/mol. The first-order valence-electron chi connectivity index (χ1n) is 15.5. The molecule has 1 aliphatic rings. The van der Waals surface area contributed by atoms with Crippen LogP contribution < -0.4 is 0 Å². The molecule has 1 saturated heterocycles. The number of nitrogens with one attached hydrogen (secondary N) is 1. The molecular weight excluding hydrogens is 486 g/mol. The standard InChI is InChI=1S/C20H24N2.C17H25N/c1-4-6-7-16-8-9-17(12-15(16)5-2)18-10-11-19-20(13-18)22-14(3)21-19;1-4-8-15(3)18-12-11-14(2)13-17(18)16-9-6-5-7-10-16/h8-13H,4-7H2,1-3H3,(H,21,22);5-10,14,17H,4,11-13H2,1-3H3. The van der Waals surface area contributed by atoms with Gasteiger partial charge < -0.3 is 9.88 Å². The van der Waals surface area contributed by atoms with Crippen molar-refractivity contribution in [1.29, 1.82) is 0 Å². The molecule has 0 bridgehead atoms. The SMILES string of the molecule is CCC=C(C)N1CCC(C)CC1c1ccccc1.CCCCc1ccc(-c2ccc3nc(C)[nH]c3c2)cc1CC. The van der Waals surface area contributed by atoms with Gasteiger partial charge in [-0.05, 0) is 98.2 Å². The largest absolute Gasteiger partial charge is 0.368 e. The van der Waals surface area contributed by atoms with Gasteiger partial charge in [0.15, 0.2) is 0 Å². The number of aromatic amines is 1. The van der Waals surface area contributed by atoms with E-state index in [0.717, 1.165) is 35.6 Å². The molecule has 1 N–H and O–H groups in total. The van der Waals surface area contributed by atoms with Gasteiger partial charge in [-0.2, -0.15) is 0 Å². The van der Waals surface area contributed by atoms with Crippen LogP contribution >= 0.6 is 0 Å². The van der Waals surface area contributed by atoms with Gasteiger partial charge in [-0.25, -0.2) is 4.98 Å². The number of hydrogen-bond acceptors (Lipinski definition) is 2. The second-order valence-corrected chi connectivity index (χ2v) is 11.5. The van der Waals surface area contributed by atoms with Crippen LogP contribution in [0.15, 0.2) is 78.5 Å². The normalized spacial score (nSPS) is 17.6. The molecule has 2 atom stereocenters. The third-order valence-corrected chi connectivity index (χ3v) is 8.32. The molecule has 40 heavy (non-hydrogen) atoms. The van der Waals surface area contributed by atoms with E-state index in [4.69, 9.17) is 0 Å². The molecule has 0 saturated carbocycles. The minimum atomic E-state index is 0.567. The second-order valence-electron chi connectivity index (χ2n) is 11.5. The average molecular weight is 536 g/mol. The summed E-state index contributed by atoms with van der Waals surface area (Å²) in [5.41, 5.74) is 10.6. The van der Waals surface area contributed by atoms with Crippen LogP contribution in [0, 0.1) is 12.8 Å². The number of likely N-dealkylation sites (tertiary alicyclic amines) is 1. The van der Waals surface area contributed by atoms with Crippen molar-refractivity contribution < 1.29 is 0 Å². The Kier molecular flexibility index (Phi) is 10.6. The Bertz CT molecular complexity index is 1380. The van der Waals surface area contributed by atoms with Crippen LogP contribution in [0.1, 0.15) is 95.3 Å². The van der Waals surface area contributed by atoms with E-state index in [0.29, 0.717) is 6.04 Å². The Balaban J connectivity index is 0.000000189. The van der Waals surface area contributed by atoms with E-state index < -0.39 is 0 Å². The van der Waals surface area contributed by atoms with Crippen molar-refractivity contribution in [2.45, 2.75) is 92.5 Å². The Morgan fingerprint density at radius 1 is 0.975 bits per heavy atom. The van der Waals surface area contributed by atoms with Crippen LogP contribution in [0.2, 0.25) is 0 Å². The zero-order valence-electron chi connectivity index (χ0n) is 25.6. The summed E-state index contributed by atoms with van der Waals surface area (Å²) in [6.45, 7) is 14.5. The first kappa shape index (κ1) is 29.6. The van der Waals surface area contributed by atoms with Crippen LogP contribution in [0.25, 0.3) is 22.2 Å². The van der Waals surface area contributed by atoms with Crippen molar-refractivity contribution in [3.63, 3.8) is 0 Å². The lowest BCUT2D eigenvalue weighted by Gasteiger charge is -2.41. The van der Waals surface area contributed by atoms with Gasteiger partial charge in [0.25, 0.3) is 0 Å². The maximum atomic E-state index is 4.47. The summed E-state index contributed by atoms with van der Waals surface area (Å²) >= 11 is 0. The molecule has 0 radical (unpaired) electrons. The van der Waals surface area contributed by atoms with Gasteiger partial charge in [0.1, 0.15) is 5.82 Å². The number of rotatable bonds is 8. The number of benzene rings is 3. The molecule has 4 aromatic rings. The lowest BCUT2D eigenvalue weighted by molar-refractivity contribution is 0.157. The lowest BCUT2D eigenvalue weighted by Crippen LogP contribution is -2.34. The Labute approximate surface area is 242 Å². The van der Waals surface area contributed by atoms with Crippen LogP contribution in [-0.4, -0.2) is 21.4 Å². The van der Waals surface area contributed by atoms with E-state index in [2.05, 4.69) is 122 Å². The quantitative estimate of drug-likeness (QED) is 0.243. The van der Waals surface area contributed by atoms with Gasteiger partial charge in [-0.15, -0.1) is 0 Å². The molecule has 212 valence electrons. The summed E-state index contributed by atoms with van der Waals surface area (Å²) in [6, 6.07) is 24.9. The van der Waals surface area contributed by atoms with Crippen molar-refractivity contribution in [3.8, 4) is 11.1 Å². The second kappa shape index (κ2) is 14.3. The molecule has 1 fully saturated rings. The highest BCUT2D eigenvalue weighted by atomic mass is 15.2. The molecule has 3 heteroatoms. The van der Waals surface area contributed by atoms with Crippen molar-refractivity contribution in [2.24, 2.45) is 5.92 Å². The van der Waals surface area contributed by atoms with Gasteiger partial charge in [0, 0.05) is 12.2 Å². The molecule has 3 aromatic carbocycles. The third-order valence-electron chi connectivity index (χ3n) is 8.32.